The summed E-state index contributed by atoms with van der Waals surface area (Å²) in [6, 6.07) is 10.3. The van der Waals surface area contributed by atoms with E-state index in [0.717, 1.165) is 5.56 Å². The molecule has 0 radical (unpaired) electrons. The molecule has 1 fully saturated rings. The second kappa shape index (κ2) is 8.24. The number of hydrogen-bond donors (Lipinski definition) is 0. The summed E-state index contributed by atoms with van der Waals surface area (Å²) in [7, 11) is 0. The first-order valence-corrected chi connectivity index (χ1v) is 9.37. The monoisotopic (exact) mass is 405 g/mol. The second-order valence-corrected chi connectivity index (χ2v) is 7.54. The van der Waals surface area contributed by atoms with E-state index < -0.39 is 4.92 Å². The van der Waals surface area contributed by atoms with Gasteiger partial charge in [0.15, 0.2) is 0 Å². The van der Waals surface area contributed by atoms with Crippen LogP contribution in [0, 0.1) is 15.9 Å². The van der Waals surface area contributed by atoms with Crippen LogP contribution in [0.25, 0.3) is 0 Å². The van der Waals surface area contributed by atoms with Crippen molar-refractivity contribution in [3.63, 3.8) is 0 Å². The fraction of sp³-hybridized carbons (Fsp3) is 0.350. The number of amides is 1. The van der Waals surface area contributed by atoms with Gasteiger partial charge in [-0.25, -0.2) is 4.39 Å². The highest BCUT2D eigenvalue weighted by Gasteiger charge is 2.33. The molecule has 2 aromatic rings. The van der Waals surface area contributed by atoms with Gasteiger partial charge in [0.2, 0.25) is 0 Å². The van der Waals surface area contributed by atoms with E-state index in [9.17, 15) is 19.3 Å². The highest BCUT2D eigenvalue weighted by molar-refractivity contribution is 6.33. The highest BCUT2D eigenvalue weighted by Crippen LogP contribution is 2.26. The zero-order chi connectivity index (χ0) is 20.4. The van der Waals surface area contributed by atoms with Gasteiger partial charge in [0, 0.05) is 43.9 Å². The van der Waals surface area contributed by atoms with Gasteiger partial charge in [-0.3, -0.25) is 19.8 Å². The second-order valence-electron chi connectivity index (χ2n) is 7.13. The van der Waals surface area contributed by atoms with E-state index in [0.29, 0.717) is 19.6 Å². The third-order valence-corrected chi connectivity index (χ3v) is 5.40. The minimum atomic E-state index is -0.542. The summed E-state index contributed by atoms with van der Waals surface area (Å²) >= 11 is 6.14. The van der Waals surface area contributed by atoms with Gasteiger partial charge < -0.3 is 4.90 Å². The predicted molar refractivity (Wildman–Crippen MR) is 105 cm³/mol. The molecule has 0 aliphatic carbocycles. The number of piperazine rings is 1. The molecule has 0 N–H and O–H groups in total. The van der Waals surface area contributed by atoms with Crippen LogP contribution in [0.2, 0.25) is 5.02 Å². The van der Waals surface area contributed by atoms with Gasteiger partial charge in [-0.2, -0.15) is 0 Å². The minimum Gasteiger partial charge on any atom is -0.333 e. The molecule has 2 atom stereocenters. The zero-order valence-electron chi connectivity index (χ0n) is 15.6. The lowest BCUT2D eigenvalue weighted by molar-refractivity contribution is -0.384. The lowest BCUT2D eigenvalue weighted by atomic mass is 10.0. The van der Waals surface area contributed by atoms with Gasteiger partial charge in [-0.1, -0.05) is 23.7 Å². The Kier molecular flexibility index (Phi) is 5.96. The van der Waals surface area contributed by atoms with Crippen molar-refractivity contribution in [2.75, 3.05) is 13.1 Å². The van der Waals surface area contributed by atoms with Crippen LogP contribution < -0.4 is 0 Å². The lowest BCUT2D eigenvalue weighted by Gasteiger charge is -2.44. The third-order valence-electron chi connectivity index (χ3n) is 5.07. The molecular weight excluding hydrogens is 385 g/mol. The predicted octanol–water partition coefficient (Wildman–Crippen LogP) is 4.12. The van der Waals surface area contributed by atoms with E-state index in [1.54, 1.807) is 17.0 Å². The van der Waals surface area contributed by atoms with Gasteiger partial charge in [0.05, 0.1) is 15.5 Å². The van der Waals surface area contributed by atoms with Crippen LogP contribution in [0.4, 0.5) is 10.1 Å². The molecule has 1 amide bonds. The highest BCUT2D eigenvalue weighted by atomic mass is 35.5. The zero-order valence-corrected chi connectivity index (χ0v) is 16.4. The van der Waals surface area contributed by atoms with E-state index in [2.05, 4.69) is 4.90 Å². The Morgan fingerprint density at radius 1 is 1.18 bits per heavy atom. The summed E-state index contributed by atoms with van der Waals surface area (Å²) in [5.74, 6) is -0.580. The number of carbonyl (C=O) groups is 1. The maximum atomic E-state index is 13.1. The van der Waals surface area contributed by atoms with Gasteiger partial charge in [-0.05, 0) is 37.6 Å². The Hall–Kier alpha value is -2.51. The molecule has 8 heteroatoms. The average Bonchev–Trinajstić information content (AvgIpc) is 2.66. The van der Waals surface area contributed by atoms with E-state index in [1.165, 1.54) is 30.3 Å². The number of halogens is 2. The van der Waals surface area contributed by atoms with Crippen LogP contribution in [-0.2, 0) is 6.54 Å². The quantitative estimate of drug-likeness (QED) is 0.566. The molecule has 1 aliphatic rings. The van der Waals surface area contributed by atoms with Crippen LogP contribution >= 0.6 is 11.6 Å². The first-order valence-electron chi connectivity index (χ1n) is 8.99. The van der Waals surface area contributed by atoms with Crippen molar-refractivity contribution >= 4 is 23.2 Å². The molecule has 2 aromatic carbocycles. The number of rotatable bonds is 4. The standard InChI is InChI=1S/C20H21ClFN3O3/c1-13-11-24(20(26)18-9-17(25(27)28)7-8-19(18)21)14(2)10-23(13)12-15-3-5-16(22)6-4-15/h3-9,13-14H,10-12H2,1-2H3/t13-,14-/m0/s1. The summed E-state index contributed by atoms with van der Waals surface area (Å²) in [4.78, 5) is 27.4. The largest absolute Gasteiger partial charge is 0.333 e. The van der Waals surface area contributed by atoms with Crippen LogP contribution in [0.15, 0.2) is 42.5 Å². The lowest BCUT2D eigenvalue weighted by Crippen LogP contribution is -2.57. The maximum absolute atomic E-state index is 13.1. The van der Waals surface area contributed by atoms with Gasteiger partial charge >= 0.3 is 0 Å². The van der Waals surface area contributed by atoms with Crippen LogP contribution in [-0.4, -0.2) is 45.8 Å². The fourth-order valence-corrected chi connectivity index (χ4v) is 3.67. The normalized spacial score (nSPS) is 20.2. The molecule has 28 heavy (non-hydrogen) atoms. The number of nitro benzene ring substituents is 1. The van der Waals surface area contributed by atoms with Crippen molar-refractivity contribution in [3.05, 3.63) is 74.5 Å². The molecule has 148 valence electrons. The van der Waals surface area contributed by atoms with Gasteiger partial charge in [0.1, 0.15) is 5.82 Å². The molecule has 0 unspecified atom stereocenters. The SMILES string of the molecule is C[C@H]1CN(C(=O)c2cc([N+](=O)[O-])ccc2Cl)[C@@H](C)CN1Cc1ccc(F)cc1. The summed E-state index contributed by atoms with van der Waals surface area (Å²) in [5.41, 5.74) is 0.979. The number of nitrogens with zero attached hydrogens (tertiary/aromatic N) is 3. The van der Waals surface area contributed by atoms with Crippen molar-refractivity contribution in [1.29, 1.82) is 0 Å². The molecule has 0 spiro atoms. The van der Waals surface area contributed by atoms with Crippen molar-refractivity contribution in [1.82, 2.24) is 9.80 Å². The molecule has 1 aliphatic heterocycles. The van der Waals surface area contributed by atoms with Gasteiger partial charge in [-0.15, -0.1) is 0 Å². The molecule has 0 saturated carbocycles. The Labute approximate surface area is 167 Å². The number of benzene rings is 2. The van der Waals surface area contributed by atoms with Crippen LogP contribution in [0.1, 0.15) is 29.8 Å². The Morgan fingerprint density at radius 2 is 1.86 bits per heavy atom. The van der Waals surface area contributed by atoms with E-state index in [-0.39, 0.29) is 40.1 Å². The Balaban J connectivity index is 1.75. The topological polar surface area (TPSA) is 66.7 Å². The van der Waals surface area contributed by atoms with Crippen molar-refractivity contribution in [2.24, 2.45) is 0 Å². The molecule has 0 aromatic heterocycles. The number of nitro groups is 1. The third kappa shape index (κ3) is 4.31. The summed E-state index contributed by atoms with van der Waals surface area (Å²) in [6.45, 7) is 5.72. The average molecular weight is 406 g/mol. The van der Waals surface area contributed by atoms with Crippen LogP contribution in [0.3, 0.4) is 0 Å². The van der Waals surface area contributed by atoms with Gasteiger partial charge in [0.25, 0.3) is 11.6 Å². The van der Waals surface area contributed by atoms with Crippen molar-refractivity contribution in [3.8, 4) is 0 Å². The molecule has 6 nitrogen and oxygen atoms in total. The van der Waals surface area contributed by atoms with Crippen LogP contribution in [0.5, 0.6) is 0 Å². The van der Waals surface area contributed by atoms with E-state index in [4.69, 9.17) is 11.6 Å². The summed E-state index contributed by atoms with van der Waals surface area (Å²) < 4.78 is 13.1. The van der Waals surface area contributed by atoms with E-state index >= 15 is 0 Å². The number of non-ortho nitro benzene ring substituents is 1. The molecule has 3 rings (SSSR count). The minimum absolute atomic E-state index is 0.0719. The molecule has 1 heterocycles. The molecular formula is C20H21ClFN3O3. The number of carbonyl (C=O) groups excluding carboxylic acids is 1. The number of hydrogen-bond acceptors (Lipinski definition) is 4. The first-order chi connectivity index (χ1) is 13.3. The Morgan fingerprint density at radius 3 is 2.50 bits per heavy atom. The Bertz CT molecular complexity index is 891. The molecule has 0 bridgehead atoms. The van der Waals surface area contributed by atoms with Crippen molar-refractivity contribution in [2.45, 2.75) is 32.5 Å². The van der Waals surface area contributed by atoms with Crippen molar-refractivity contribution < 1.29 is 14.1 Å². The smallest absolute Gasteiger partial charge is 0.270 e. The first kappa shape index (κ1) is 20.2. The fourth-order valence-electron chi connectivity index (χ4n) is 3.47. The van der Waals surface area contributed by atoms with E-state index in [1.807, 2.05) is 13.8 Å². The maximum Gasteiger partial charge on any atom is 0.270 e. The summed E-state index contributed by atoms with van der Waals surface area (Å²) in [5, 5.41) is 11.2. The molecule has 1 saturated heterocycles. The summed E-state index contributed by atoms with van der Waals surface area (Å²) in [6.07, 6.45) is 0.